The van der Waals surface area contributed by atoms with Crippen LogP contribution in [0.2, 0.25) is 0 Å². The zero-order valence-electron chi connectivity index (χ0n) is 10.6. The molecular weight excluding hydrogens is 226 g/mol. The number of aliphatic hydroxyl groups is 1. The second kappa shape index (κ2) is 9.09. The highest BCUT2D eigenvalue weighted by Crippen LogP contribution is 2.18. The van der Waals surface area contributed by atoms with Crippen molar-refractivity contribution >= 4 is 8.80 Å². The fraction of sp³-hybridized carbons (Fsp3) is 1.00. The molecule has 1 unspecified atom stereocenters. The SMILES string of the molecule is CCO[Si](OCC)(OCC)C(O)CCCN. The van der Waals surface area contributed by atoms with Gasteiger partial charge in [-0.1, -0.05) is 0 Å². The summed E-state index contributed by atoms with van der Waals surface area (Å²) in [6, 6.07) is 0. The third-order valence-electron chi connectivity index (χ3n) is 2.13. The molecule has 0 aromatic rings. The molecule has 0 aromatic carbocycles. The lowest BCUT2D eigenvalue weighted by molar-refractivity contribution is 0.0195. The number of hydrogen-bond acceptors (Lipinski definition) is 5. The van der Waals surface area contributed by atoms with Gasteiger partial charge in [-0.25, -0.2) is 0 Å². The lowest BCUT2D eigenvalue weighted by atomic mass is 10.3. The molecule has 98 valence electrons. The van der Waals surface area contributed by atoms with Gasteiger partial charge in [0.05, 0.1) is 0 Å². The Kier molecular flexibility index (Phi) is 9.10. The van der Waals surface area contributed by atoms with Gasteiger partial charge in [0.2, 0.25) is 0 Å². The maximum atomic E-state index is 10.1. The third kappa shape index (κ3) is 4.90. The van der Waals surface area contributed by atoms with Crippen molar-refractivity contribution in [2.24, 2.45) is 5.73 Å². The summed E-state index contributed by atoms with van der Waals surface area (Å²) in [4.78, 5) is 0. The Morgan fingerprint density at radius 2 is 1.50 bits per heavy atom. The molecular formula is C10H25NO4Si. The van der Waals surface area contributed by atoms with Crippen molar-refractivity contribution < 1.29 is 18.4 Å². The molecule has 0 heterocycles. The molecule has 0 radical (unpaired) electrons. The molecule has 0 fully saturated rings. The molecule has 1 atom stereocenters. The van der Waals surface area contributed by atoms with Gasteiger partial charge in [-0.2, -0.15) is 0 Å². The molecule has 0 saturated carbocycles. The van der Waals surface area contributed by atoms with E-state index in [-0.39, 0.29) is 0 Å². The fourth-order valence-electron chi connectivity index (χ4n) is 1.51. The van der Waals surface area contributed by atoms with Crippen LogP contribution in [0.3, 0.4) is 0 Å². The molecule has 0 amide bonds. The minimum Gasteiger partial charge on any atom is -0.389 e. The van der Waals surface area contributed by atoms with Crippen LogP contribution in [-0.2, 0) is 13.3 Å². The first-order chi connectivity index (χ1) is 7.66. The zero-order chi connectivity index (χ0) is 12.4. The minimum absolute atomic E-state index is 0.478. The smallest absolute Gasteiger partial charge is 0.389 e. The standard InChI is InChI=1S/C10H25NO4Si/c1-4-13-16(14-5-2,15-6-3)10(12)8-7-9-11/h10,12H,4-9,11H2,1-3H3. The van der Waals surface area contributed by atoms with Crippen LogP contribution in [0.15, 0.2) is 0 Å². The number of rotatable bonds is 10. The van der Waals surface area contributed by atoms with E-state index in [1.807, 2.05) is 20.8 Å². The van der Waals surface area contributed by atoms with Crippen molar-refractivity contribution in [3.63, 3.8) is 0 Å². The average Bonchev–Trinajstić information content (AvgIpc) is 2.26. The van der Waals surface area contributed by atoms with Gasteiger partial charge >= 0.3 is 8.80 Å². The van der Waals surface area contributed by atoms with Crippen molar-refractivity contribution in [2.45, 2.75) is 39.3 Å². The number of nitrogens with two attached hydrogens (primary N) is 1. The van der Waals surface area contributed by atoms with Gasteiger partial charge in [0.1, 0.15) is 5.73 Å². The Morgan fingerprint density at radius 3 is 1.81 bits per heavy atom. The first kappa shape index (κ1) is 16.0. The molecule has 5 nitrogen and oxygen atoms in total. The van der Waals surface area contributed by atoms with Gasteiger partial charge in [0.15, 0.2) is 0 Å². The molecule has 0 spiro atoms. The van der Waals surface area contributed by atoms with E-state index in [2.05, 4.69) is 0 Å². The summed E-state index contributed by atoms with van der Waals surface area (Å²) in [5, 5.41) is 10.1. The second-order valence-corrected chi connectivity index (χ2v) is 6.09. The Labute approximate surface area is 99.2 Å². The van der Waals surface area contributed by atoms with Crippen LogP contribution < -0.4 is 5.73 Å². The van der Waals surface area contributed by atoms with E-state index in [4.69, 9.17) is 19.0 Å². The van der Waals surface area contributed by atoms with Crippen molar-refractivity contribution in [1.82, 2.24) is 0 Å². The molecule has 0 aliphatic heterocycles. The molecule has 0 bridgehead atoms. The largest absolute Gasteiger partial charge is 0.531 e. The van der Waals surface area contributed by atoms with Gasteiger partial charge in [-0.3, -0.25) is 0 Å². The van der Waals surface area contributed by atoms with Crippen molar-refractivity contribution in [3.8, 4) is 0 Å². The van der Waals surface area contributed by atoms with E-state index >= 15 is 0 Å². The molecule has 6 heteroatoms. The molecule has 0 rings (SSSR count). The van der Waals surface area contributed by atoms with Gasteiger partial charge in [0.25, 0.3) is 0 Å². The zero-order valence-corrected chi connectivity index (χ0v) is 11.6. The van der Waals surface area contributed by atoms with Crippen molar-refractivity contribution in [1.29, 1.82) is 0 Å². The van der Waals surface area contributed by atoms with Gasteiger partial charge < -0.3 is 24.1 Å². The summed E-state index contributed by atoms with van der Waals surface area (Å²) >= 11 is 0. The van der Waals surface area contributed by atoms with Crippen LogP contribution in [-0.4, -0.2) is 46.0 Å². The minimum atomic E-state index is -2.94. The van der Waals surface area contributed by atoms with E-state index in [0.717, 1.165) is 6.42 Å². The van der Waals surface area contributed by atoms with Crippen molar-refractivity contribution in [3.05, 3.63) is 0 Å². The van der Waals surface area contributed by atoms with E-state index < -0.39 is 14.5 Å². The predicted octanol–water partition coefficient (Wildman–Crippen LogP) is 0.674. The highest BCUT2D eigenvalue weighted by molar-refractivity contribution is 6.62. The highest BCUT2D eigenvalue weighted by Gasteiger charge is 2.48. The normalized spacial score (nSPS) is 14.1. The van der Waals surface area contributed by atoms with E-state index in [1.165, 1.54) is 0 Å². The highest BCUT2D eigenvalue weighted by atomic mass is 28.4. The Hall–Kier alpha value is 0.0169. The molecule has 0 aliphatic carbocycles. The first-order valence-electron chi connectivity index (χ1n) is 5.96. The Morgan fingerprint density at radius 1 is 1.06 bits per heavy atom. The number of aliphatic hydroxyl groups excluding tert-OH is 1. The number of hydrogen-bond donors (Lipinski definition) is 2. The Bertz CT molecular complexity index is 154. The van der Waals surface area contributed by atoms with E-state index in [9.17, 15) is 5.11 Å². The van der Waals surface area contributed by atoms with Crippen LogP contribution in [0, 0.1) is 0 Å². The van der Waals surface area contributed by atoms with Gasteiger partial charge in [-0.05, 0) is 40.2 Å². The molecule has 0 saturated heterocycles. The van der Waals surface area contributed by atoms with Gasteiger partial charge in [0, 0.05) is 19.8 Å². The average molecular weight is 251 g/mol. The second-order valence-electron chi connectivity index (χ2n) is 3.35. The van der Waals surface area contributed by atoms with Crippen LogP contribution >= 0.6 is 0 Å². The fourth-order valence-corrected chi connectivity index (χ4v) is 4.10. The summed E-state index contributed by atoms with van der Waals surface area (Å²) in [6.45, 7) is 7.59. The summed E-state index contributed by atoms with van der Waals surface area (Å²) in [6.07, 6.45) is 1.30. The lowest BCUT2D eigenvalue weighted by Crippen LogP contribution is -2.56. The molecule has 3 N–H and O–H groups in total. The predicted molar refractivity (Wildman–Crippen MR) is 64.9 cm³/mol. The van der Waals surface area contributed by atoms with E-state index in [1.54, 1.807) is 0 Å². The topological polar surface area (TPSA) is 73.9 Å². The van der Waals surface area contributed by atoms with Gasteiger partial charge in [-0.15, -0.1) is 0 Å². The van der Waals surface area contributed by atoms with Crippen LogP contribution in [0.25, 0.3) is 0 Å². The van der Waals surface area contributed by atoms with Crippen LogP contribution in [0.4, 0.5) is 0 Å². The third-order valence-corrected chi connectivity index (χ3v) is 5.30. The summed E-state index contributed by atoms with van der Waals surface area (Å²) < 4.78 is 16.7. The molecule has 16 heavy (non-hydrogen) atoms. The van der Waals surface area contributed by atoms with Crippen LogP contribution in [0.5, 0.6) is 0 Å². The van der Waals surface area contributed by atoms with E-state index in [0.29, 0.717) is 32.8 Å². The van der Waals surface area contributed by atoms with Crippen LogP contribution in [0.1, 0.15) is 33.6 Å². The summed E-state index contributed by atoms with van der Waals surface area (Å²) in [7, 11) is -2.94. The maximum Gasteiger partial charge on any atom is 0.531 e. The van der Waals surface area contributed by atoms with Crippen molar-refractivity contribution in [2.75, 3.05) is 26.4 Å². The summed E-state index contributed by atoms with van der Waals surface area (Å²) in [5.74, 6) is 0. The molecule has 0 aromatic heterocycles. The Balaban J connectivity index is 4.54. The molecule has 0 aliphatic rings. The monoisotopic (exact) mass is 251 g/mol. The quantitative estimate of drug-likeness (QED) is 0.558. The summed E-state index contributed by atoms with van der Waals surface area (Å²) in [5.41, 5.74) is 4.74. The first-order valence-corrected chi connectivity index (χ1v) is 7.77. The maximum absolute atomic E-state index is 10.1. The lowest BCUT2D eigenvalue weighted by Gasteiger charge is -2.32.